The first kappa shape index (κ1) is 10.8. The smallest absolute Gasteiger partial charge is 0.0864 e. The summed E-state index contributed by atoms with van der Waals surface area (Å²) in [5.74, 6) is 0. The summed E-state index contributed by atoms with van der Waals surface area (Å²) in [6, 6.07) is 7.13. The van der Waals surface area contributed by atoms with E-state index in [9.17, 15) is 0 Å². The Morgan fingerprint density at radius 2 is 2.28 bits per heavy atom. The molecule has 1 aliphatic heterocycles. The predicted molar refractivity (Wildman–Crippen MR) is 78.7 cm³/mol. The first-order valence-electron chi connectivity index (χ1n) is 6.45. The van der Waals surface area contributed by atoms with Gasteiger partial charge in [-0.2, -0.15) is 0 Å². The highest BCUT2D eigenvalue weighted by Crippen LogP contribution is 2.42. The van der Waals surface area contributed by atoms with Crippen molar-refractivity contribution in [1.82, 2.24) is 9.88 Å². The van der Waals surface area contributed by atoms with Gasteiger partial charge in [0.25, 0.3) is 0 Å². The van der Waals surface area contributed by atoms with E-state index in [0.717, 1.165) is 11.0 Å². The molecule has 92 valence electrons. The molecule has 1 atom stereocenters. The largest absolute Gasteiger partial charge is 0.349 e. The van der Waals surface area contributed by atoms with Crippen LogP contribution in [0.25, 0.3) is 16.5 Å². The van der Waals surface area contributed by atoms with E-state index in [4.69, 9.17) is 0 Å². The summed E-state index contributed by atoms with van der Waals surface area (Å²) in [6.45, 7) is 1.17. The van der Waals surface area contributed by atoms with Gasteiger partial charge < -0.3 is 4.98 Å². The Morgan fingerprint density at radius 3 is 3.17 bits per heavy atom. The second-order valence-electron chi connectivity index (χ2n) is 5.29. The fourth-order valence-corrected chi connectivity index (χ4v) is 3.99. The summed E-state index contributed by atoms with van der Waals surface area (Å²) < 4.78 is 1.16. The second-order valence-corrected chi connectivity index (χ2v) is 6.09. The molecule has 3 heteroatoms. The number of hydrogen-bond donors (Lipinski definition) is 1. The van der Waals surface area contributed by atoms with Crippen LogP contribution >= 0.6 is 15.9 Å². The van der Waals surface area contributed by atoms with Crippen LogP contribution in [-0.4, -0.2) is 29.5 Å². The number of halogens is 1. The summed E-state index contributed by atoms with van der Waals surface area (Å²) in [5.41, 5.74) is 5.64. The number of nitrogens with zero attached hydrogens (tertiary/aromatic N) is 1. The summed E-state index contributed by atoms with van der Waals surface area (Å²) in [6.07, 6.45) is 4.71. The first-order chi connectivity index (χ1) is 8.75. The molecule has 2 aromatic rings. The van der Waals surface area contributed by atoms with Crippen LogP contribution in [0.3, 0.4) is 0 Å². The molecule has 0 radical (unpaired) electrons. The van der Waals surface area contributed by atoms with Crippen molar-refractivity contribution >= 4 is 32.4 Å². The van der Waals surface area contributed by atoms with Crippen LogP contribution in [0.5, 0.6) is 0 Å². The van der Waals surface area contributed by atoms with Gasteiger partial charge in [-0.3, -0.25) is 4.90 Å². The number of aromatic nitrogens is 1. The van der Waals surface area contributed by atoms with E-state index in [1.165, 1.54) is 40.6 Å². The van der Waals surface area contributed by atoms with Crippen molar-refractivity contribution in [2.45, 2.75) is 18.9 Å². The fourth-order valence-electron chi connectivity index (χ4n) is 3.42. The number of likely N-dealkylation sites (N-methyl/N-ethyl adjacent to an activating group) is 1. The summed E-state index contributed by atoms with van der Waals surface area (Å²) in [4.78, 5) is 5.94. The molecule has 0 fully saturated rings. The molecule has 1 aliphatic carbocycles. The minimum absolute atomic E-state index is 0.545. The molecule has 18 heavy (non-hydrogen) atoms. The van der Waals surface area contributed by atoms with E-state index in [2.05, 4.69) is 57.1 Å². The number of H-pyrrole nitrogens is 1. The van der Waals surface area contributed by atoms with E-state index < -0.39 is 0 Å². The number of fused-ring (bicyclic) bond motifs is 2. The van der Waals surface area contributed by atoms with Gasteiger partial charge in [0.2, 0.25) is 0 Å². The van der Waals surface area contributed by atoms with Gasteiger partial charge in [-0.1, -0.05) is 18.2 Å². The molecule has 0 saturated heterocycles. The maximum Gasteiger partial charge on any atom is 0.0864 e. The summed E-state index contributed by atoms with van der Waals surface area (Å²) in [5, 5.41) is 1.42. The number of benzene rings is 1. The van der Waals surface area contributed by atoms with E-state index in [1.807, 2.05) is 0 Å². The van der Waals surface area contributed by atoms with Crippen LogP contribution < -0.4 is 0 Å². The zero-order valence-electron chi connectivity index (χ0n) is 10.3. The van der Waals surface area contributed by atoms with Gasteiger partial charge in [0.15, 0.2) is 0 Å². The highest BCUT2D eigenvalue weighted by molar-refractivity contribution is 9.10. The Balaban J connectivity index is 2.06. The van der Waals surface area contributed by atoms with Crippen molar-refractivity contribution in [3.63, 3.8) is 0 Å². The number of nitrogens with one attached hydrogen (secondary N) is 1. The molecule has 0 bridgehead atoms. The lowest BCUT2D eigenvalue weighted by Gasteiger charge is -2.37. The van der Waals surface area contributed by atoms with Gasteiger partial charge in [-0.15, -0.1) is 0 Å². The predicted octanol–water partition coefficient (Wildman–Crippen LogP) is 3.57. The van der Waals surface area contributed by atoms with Crippen molar-refractivity contribution in [1.29, 1.82) is 0 Å². The van der Waals surface area contributed by atoms with E-state index >= 15 is 0 Å². The van der Waals surface area contributed by atoms with Crippen molar-refractivity contribution in [3.8, 4) is 0 Å². The van der Waals surface area contributed by atoms with Crippen molar-refractivity contribution in [2.75, 3.05) is 13.6 Å². The van der Waals surface area contributed by atoms with Gasteiger partial charge in [-0.25, -0.2) is 0 Å². The van der Waals surface area contributed by atoms with Crippen LogP contribution in [0.15, 0.2) is 28.9 Å². The topological polar surface area (TPSA) is 19.0 Å². The fraction of sp³-hybridized carbons (Fsp3) is 0.333. The van der Waals surface area contributed by atoms with Gasteiger partial charge in [0.05, 0.1) is 4.60 Å². The maximum atomic E-state index is 3.68. The lowest BCUT2D eigenvalue weighted by atomic mass is 9.82. The van der Waals surface area contributed by atoms with Crippen molar-refractivity contribution in [3.05, 3.63) is 40.0 Å². The normalized spacial score (nSPS) is 23.0. The molecule has 0 amide bonds. The van der Waals surface area contributed by atoms with Gasteiger partial charge in [-0.05, 0) is 58.6 Å². The van der Waals surface area contributed by atoms with Crippen LogP contribution in [0, 0.1) is 0 Å². The lowest BCUT2D eigenvalue weighted by molar-refractivity contribution is 0.282. The van der Waals surface area contributed by atoms with Crippen LogP contribution in [0.2, 0.25) is 0 Å². The van der Waals surface area contributed by atoms with E-state index in [1.54, 1.807) is 0 Å². The minimum Gasteiger partial charge on any atom is -0.349 e. The SMILES string of the molecule is CN1CCC=C2c3cccc4[nH]c(Br)c(c34)C[C@H]21. The van der Waals surface area contributed by atoms with Gasteiger partial charge >= 0.3 is 0 Å². The van der Waals surface area contributed by atoms with Crippen LogP contribution in [-0.2, 0) is 6.42 Å². The average Bonchev–Trinajstić information content (AvgIpc) is 2.69. The van der Waals surface area contributed by atoms with Crippen molar-refractivity contribution in [2.24, 2.45) is 0 Å². The molecule has 2 aliphatic rings. The molecule has 1 aromatic heterocycles. The molecule has 1 aromatic carbocycles. The molecule has 2 heterocycles. The minimum atomic E-state index is 0.545. The molecule has 0 unspecified atom stereocenters. The van der Waals surface area contributed by atoms with Gasteiger partial charge in [0, 0.05) is 23.5 Å². The third-order valence-electron chi connectivity index (χ3n) is 4.32. The standard InChI is InChI=1S/C15H15BrN2/c1-18-7-3-5-9-10-4-2-6-12-14(10)11(8-13(9)18)15(16)17-12/h2,4-6,13,17H,3,7-8H2,1H3/t13-/m1/s1. The average molecular weight is 303 g/mol. The van der Waals surface area contributed by atoms with E-state index in [0.29, 0.717) is 6.04 Å². The molecular weight excluding hydrogens is 288 g/mol. The van der Waals surface area contributed by atoms with Crippen LogP contribution in [0.4, 0.5) is 0 Å². The Labute approximate surface area is 115 Å². The quantitative estimate of drug-likeness (QED) is 0.788. The molecule has 1 N–H and O–H groups in total. The van der Waals surface area contributed by atoms with Gasteiger partial charge in [0.1, 0.15) is 0 Å². The maximum absolute atomic E-state index is 3.68. The molecule has 0 saturated carbocycles. The highest BCUT2D eigenvalue weighted by atomic mass is 79.9. The molecular formula is C15H15BrN2. The first-order valence-corrected chi connectivity index (χ1v) is 7.25. The van der Waals surface area contributed by atoms with Crippen LogP contribution in [0.1, 0.15) is 17.5 Å². The second kappa shape index (κ2) is 3.72. The molecule has 2 nitrogen and oxygen atoms in total. The summed E-state index contributed by atoms with van der Waals surface area (Å²) >= 11 is 3.68. The molecule has 0 spiro atoms. The zero-order chi connectivity index (χ0) is 12.3. The van der Waals surface area contributed by atoms with Crippen molar-refractivity contribution < 1.29 is 0 Å². The summed E-state index contributed by atoms with van der Waals surface area (Å²) in [7, 11) is 2.24. The number of aromatic amines is 1. The zero-order valence-corrected chi connectivity index (χ0v) is 11.9. The lowest BCUT2D eigenvalue weighted by Crippen LogP contribution is -2.39. The highest BCUT2D eigenvalue weighted by Gasteiger charge is 2.31. The Kier molecular flexibility index (Phi) is 2.24. The monoisotopic (exact) mass is 302 g/mol. The molecule has 4 rings (SSSR count). The van der Waals surface area contributed by atoms with E-state index in [-0.39, 0.29) is 0 Å². The Bertz CT molecular complexity index is 668. The number of hydrogen-bond acceptors (Lipinski definition) is 1. The number of rotatable bonds is 0. The third kappa shape index (κ3) is 1.32. The third-order valence-corrected chi connectivity index (χ3v) is 5.00. The Morgan fingerprint density at radius 1 is 1.39 bits per heavy atom. The Hall–Kier alpha value is -1.06.